The fraction of sp³-hybridized carbons (Fsp3) is 0.800. The van der Waals surface area contributed by atoms with Crippen molar-refractivity contribution in [2.24, 2.45) is 0 Å². The molecule has 0 nitrogen and oxygen atoms in total. The van der Waals surface area contributed by atoms with Crippen molar-refractivity contribution in [3.8, 4) is 0 Å². The summed E-state index contributed by atoms with van der Waals surface area (Å²) in [5.41, 5.74) is 0. The molecule has 0 aliphatic carbocycles. The Balaban J connectivity index is 3.24. The van der Waals surface area contributed by atoms with E-state index in [-0.39, 0.29) is 5.38 Å². The van der Waals surface area contributed by atoms with Crippen LogP contribution in [0, 0.1) is 0 Å². The summed E-state index contributed by atoms with van der Waals surface area (Å²) in [5, 5.41) is 0.509. The zero-order valence-corrected chi connectivity index (χ0v) is 9.41. The first-order valence-electron chi connectivity index (χ1n) is 4.61. The van der Waals surface area contributed by atoms with Gasteiger partial charge in [-0.15, -0.1) is 23.2 Å². The Morgan fingerprint density at radius 1 is 1.33 bits per heavy atom. The molecule has 12 heavy (non-hydrogen) atoms. The smallest absolute Gasteiger partial charge is 0.0513 e. The predicted octanol–water partition coefficient (Wildman–Crippen LogP) is 4.36. The summed E-state index contributed by atoms with van der Waals surface area (Å²) >= 11 is 11.7. The summed E-state index contributed by atoms with van der Waals surface area (Å²) in [6.07, 6.45) is 8.57. The molecule has 0 fully saturated rings. The molecule has 0 aromatic rings. The molecule has 0 spiro atoms. The van der Waals surface area contributed by atoms with E-state index in [1.165, 1.54) is 0 Å². The Morgan fingerprint density at radius 2 is 2.00 bits per heavy atom. The molecule has 2 unspecified atom stereocenters. The summed E-state index contributed by atoms with van der Waals surface area (Å²) in [6, 6.07) is 0. The van der Waals surface area contributed by atoms with Crippen LogP contribution in [0.1, 0.15) is 39.5 Å². The van der Waals surface area contributed by atoms with Crippen LogP contribution in [0.2, 0.25) is 0 Å². The first kappa shape index (κ1) is 12.3. The standard InChI is InChI=1S/C10H18Cl2/c1-3-10(12)8-6-4-5-7-9(2)11/h6,8-10H,3-5,7H2,1-2H3/b8-6+. The van der Waals surface area contributed by atoms with Crippen LogP contribution < -0.4 is 0 Å². The molecule has 0 aliphatic rings. The maximum atomic E-state index is 5.89. The minimum Gasteiger partial charge on any atom is -0.123 e. The van der Waals surface area contributed by atoms with Gasteiger partial charge in [0.15, 0.2) is 0 Å². The maximum Gasteiger partial charge on any atom is 0.0513 e. The van der Waals surface area contributed by atoms with Crippen LogP contribution >= 0.6 is 23.2 Å². The van der Waals surface area contributed by atoms with E-state index in [2.05, 4.69) is 19.1 Å². The van der Waals surface area contributed by atoms with Crippen molar-refractivity contribution in [3.05, 3.63) is 12.2 Å². The molecule has 0 bridgehead atoms. The SMILES string of the molecule is CCC(Cl)/C=C/CCCC(C)Cl. The van der Waals surface area contributed by atoms with Crippen molar-refractivity contribution in [2.75, 3.05) is 0 Å². The van der Waals surface area contributed by atoms with Crippen LogP contribution in [0.25, 0.3) is 0 Å². The number of allylic oxidation sites excluding steroid dienone is 2. The normalized spacial score (nSPS) is 16.7. The first-order valence-corrected chi connectivity index (χ1v) is 5.49. The lowest BCUT2D eigenvalue weighted by molar-refractivity contribution is 0.734. The van der Waals surface area contributed by atoms with E-state index in [9.17, 15) is 0 Å². The second-order valence-electron chi connectivity index (χ2n) is 3.06. The molecule has 0 saturated heterocycles. The molecule has 0 N–H and O–H groups in total. The monoisotopic (exact) mass is 208 g/mol. The van der Waals surface area contributed by atoms with Crippen LogP contribution in [-0.2, 0) is 0 Å². The lowest BCUT2D eigenvalue weighted by atomic mass is 10.2. The van der Waals surface area contributed by atoms with Crippen LogP contribution in [0.4, 0.5) is 0 Å². The lowest BCUT2D eigenvalue weighted by Gasteiger charge is -2.00. The molecule has 0 amide bonds. The van der Waals surface area contributed by atoms with E-state index in [0.717, 1.165) is 25.7 Å². The van der Waals surface area contributed by atoms with Gasteiger partial charge >= 0.3 is 0 Å². The number of rotatable bonds is 6. The number of unbranched alkanes of at least 4 members (excludes halogenated alkanes) is 1. The van der Waals surface area contributed by atoms with E-state index < -0.39 is 0 Å². The molecule has 0 heterocycles. The van der Waals surface area contributed by atoms with Crippen molar-refractivity contribution in [1.29, 1.82) is 0 Å². The van der Waals surface area contributed by atoms with Crippen molar-refractivity contribution >= 4 is 23.2 Å². The molecule has 2 heteroatoms. The number of halogens is 2. The third-order valence-corrected chi connectivity index (χ3v) is 2.38. The molecule has 0 aliphatic heterocycles. The molecular formula is C10H18Cl2. The molecule has 0 radical (unpaired) electrons. The predicted molar refractivity (Wildman–Crippen MR) is 58.2 cm³/mol. The average molecular weight is 209 g/mol. The van der Waals surface area contributed by atoms with E-state index in [1.54, 1.807) is 0 Å². The van der Waals surface area contributed by atoms with Crippen LogP contribution in [-0.4, -0.2) is 10.8 Å². The third-order valence-electron chi connectivity index (χ3n) is 1.71. The third kappa shape index (κ3) is 8.42. The molecular weight excluding hydrogens is 191 g/mol. The fourth-order valence-corrected chi connectivity index (χ4v) is 1.15. The van der Waals surface area contributed by atoms with E-state index >= 15 is 0 Å². The highest BCUT2D eigenvalue weighted by molar-refractivity contribution is 6.21. The molecule has 0 rings (SSSR count). The van der Waals surface area contributed by atoms with Gasteiger partial charge in [-0.2, -0.15) is 0 Å². The van der Waals surface area contributed by atoms with Crippen LogP contribution in [0.5, 0.6) is 0 Å². The van der Waals surface area contributed by atoms with Crippen LogP contribution in [0.15, 0.2) is 12.2 Å². The van der Waals surface area contributed by atoms with Gasteiger partial charge in [-0.25, -0.2) is 0 Å². The van der Waals surface area contributed by atoms with Gasteiger partial charge in [0.1, 0.15) is 0 Å². The van der Waals surface area contributed by atoms with Crippen LogP contribution in [0.3, 0.4) is 0 Å². The minimum atomic E-state index is 0.207. The quantitative estimate of drug-likeness (QED) is 0.346. The molecule has 72 valence electrons. The minimum absolute atomic E-state index is 0.207. The molecule has 2 atom stereocenters. The second kappa shape index (κ2) is 7.94. The topological polar surface area (TPSA) is 0 Å². The Labute approximate surface area is 85.9 Å². The van der Waals surface area contributed by atoms with Gasteiger partial charge in [-0.3, -0.25) is 0 Å². The number of hydrogen-bond donors (Lipinski definition) is 0. The largest absolute Gasteiger partial charge is 0.123 e. The van der Waals surface area contributed by atoms with Gasteiger partial charge < -0.3 is 0 Å². The highest BCUT2D eigenvalue weighted by Crippen LogP contribution is 2.08. The van der Waals surface area contributed by atoms with Gasteiger partial charge in [0, 0.05) is 5.38 Å². The number of alkyl halides is 2. The van der Waals surface area contributed by atoms with E-state index in [4.69, 9.17) is 23.2 Å². The van der Waals surface area contributed by atoms with Crippen molar-refractivity contribution < 1.29 is 0 Å². The van der Waals surface area contributed by atoms with E-state index in [0.29, 0.717) is 5.38 Å². The average Bonchev–Trinajstić information content (AvgIpc) is 2.03. The summed E-state index contributed by atoms with van der Waals surface area (Å²) in [6.45, 7) is 4.12. The van der Waals surface area contributed by atoms with Gasteiger partial charge in [-0.05, 0) is 32.6 Å². The van der Waals surface area contributed by atoms with Gasteiger partial charge in [-0.1, -0.05) is 19.1 Å². The highest BCUT2D eigenvalue weighted by atomic mass is 35.5. The molecule has 0 aromatic carbocycles. The summed E-state index contributed by atoms with van der Waals surface area (Å²) < 4.78 is 0. The molecule has 0 aromatic heterocycles. The van der Waals surface area contributed by atoms with Gasteiger partial charge in [0.05, 0.1) is 5.38 Å². The summed E-state index contributed by atoms with van der Waals surface area (Å²) in [4.78, 5) is 0. The number of hydrogen-bond acceptors (Lipinski definition) is 0. The van der Waals surface area contributed by atoms with E-state index in [1.807, 2.05) is 6.92 Å². The zero-order valence-electron chi connectivity index (χ0n) is 7.89. The van der Waals surface area contributed by atoms with Gasteiger partial charge in [0.25, 0.3) is 0 Å². The highest BCUT2D eigenvalue weighted by Gasteiger charge is 1.95. The summed E-state index contributed by atoms with van der Waals surface area (Å²) in [5.74, 6) is 0. The van der Waals surface area contributed by atoms with Crippen molar-refractivity contribution in [2.45, 2.75) is 50.3 Å². The Kier molecular flexibility index (Phi) is 8.15. The lowest BCUT2D eigenvalue weighted by Crippen LogP contribution is -1.90. The zero-order chi connectivity index (χ0) is 9.40. The Hall–Kier alpha value is 0.320. The van der Waals surface area contributed by atoms with Gasteiger partial charge in [0.2, 0.25) is 0 Å². The fourth-order valence-electron chi connectivity index (χ4n) is 0.897. The first-order chi connectivity index (χ1) is 5.66. The van der Waals surface area contributed by atoms with Crippen molar-refractivity contribution in [1.82, 2.24) is 0 Å². The summed E-state index contributed by atoms with van der Waals surface area (Å²) in [7, 11) is 0. The Morgan fingerprint density at radius 3 is 2.50 bits per heavy atom. The second-order valence-corrected chi connectivity index (χ2v) is 4.37. The van der Waals surface area contributed by atoms with Crippen molar-refractivity contribution in [3.63, 3.8) is 0 Å². The molecule has 0 saturated carbocycles. The maximum absolute atomic E-state index is 5.89. The Bertz CT molecular complexity index is 119.